The van der Waals surface area contributed by atoms with E-state index in [2.05, 4.69) is 5.32 Å². The summed E-state index contributed by atoms with van der Waals surface area (Å²) in [5, 5.41) is 2.78. The number of nitrogens with one attached hydrogen (secondary N) is 1. The molecule has 0 saturated heterocycles. The molecule has 0 spiro atoms. The molecule has 22 heavy (non-hydrogen) atoms. The number of nitrogens with zero attached hydrogens (tertiary/aromatic N) is 1. The Morgan fingerprint density at radius 1 is 1.36 bits per heavy atom. The van der Waals surface area contributed by atoms with E-state index < -0.39 is 6.10 Å². The number of hydrogen-bond acceptors (Lipinski definition) is 3. The number of carbonyl (C=O) groups is 2. The van der Waals surface area contributed by atoms with Gasteiger partial charge in [0.2, 0.25) is 0 Å². The maximum absolute atomic E-state index is 12.7. The third-order valence-electron chi connectivity index (χ3n) is 4.52. The number of para-hydroxylation sites is 1. The first-order chi connectivity index (χ1) is 10.6. The highest BCUT2D eigenvalue weighted by molar-refractivity contribution is 6.03. The number of rotatable bonds is 3. The van der Waals surface area contributed by atoms with E-state index in [0.717, 1.165) is 6.54 Å². The number of carbonyl (C=O) groups excluding carboxylic acids is 2. The van der Waals surface area contributed by atoms with Crippen molar-refractivity contribution in [3.8, 4) is 5.75 Å². The fourth-order valence-electron chi connectivity index (χ4n) is 3.26. The predicted octanol–water partition coefficient (Wildman–Crippen LogP) is 2.67. The van der Waals surface area contributed by atoms with Crippen molar-refractivity contribution in [1.29, 1.82) is 0 Å². The quantitative estimate of drug-likeness (QED) is 0.934. The number of amides is 2. The minimum atomic E-state index is -0.582. The summed E-state index contributed by atoms with van der Waals surface area (Å²) in [5.74, 6) is 0.856. The molecule has 1 atom stereocenters. The standard InChI is InChI=1S/C17H22N2O3/c1-11-16(20)18-14-9-5-8-13(15(14)22-11)17(21)19(2)10-12-6-3-4-7-12/h5,8-9,11-12H,3-4,6-7,10H2,1-2H3,(H,18,20). The molecule has 1 fully saturated rings. The van der Waals surface area contributed by atoms with E-state index in [-0.39, 0.29) is 11.8 Å². The molecule has 1 aliphatic heterocycles. The van der Waals surface area contributed by atoms with Crippen molar-refractivity contribution < 1.29 is 14.3 Å². The Bertz CT molecular complexity index is 594. The van der Waals surface area contributed by atoms with Crippen molar-refractivity contribution >= 4 is 17.5 Å². The molecular formula is C17H22N2O3. The molecule has 1 heterocycles. The van der Waals surface area contributed by atoms with Crippen LogP contribution in [0.1, 0.15) is 43.0 Å². The minimum Gasteiger partial charge on any atom is -0.478 e. The summed E-state index contributed by atoms with van der Waals surface area (Å²) in [4.78, 5) is 26.2. The average molecular weight is 302 g/mol. The molecule has 118 valence electrons. The van der Waals surface area contributed by atoms with Crippen molar-refractivity contribution in [2.75, 3.05) is 18.9 Å². The van der Waals surface area contributed by atoms with Crippen molar-refractivity contribution in [2.45, 2.75) is 38.7 Å². The summed E-state index contributed by atoms with van der Waals surface area (Å²) < 4.78 is 5.66. The molecular weight excluding hydrogens is 280 g/mol. The molecule has 1 unspecified atom stereocenters. The molecule has 2 amide bonds. The first-order valence-corrected chi connectivity index (χ1v) is 7.92. The van der Waals surface area contributed by atoms with Crippen LogP contribution in [0.4, 0.5) is 5.69 Å². The van der Waals surface area contributed by atoms with Gasteiger partial charge in [0, 0.05) is 13.6 Å². The van der Waals surface area contributed by atoms with Crippen LogP contribution in [0.5, 0.6) is 5.75 Å². The van der Waals surface area contributed by atoms with E-state index in [1.54, 1.807) is 30.0 Å². The molecule has 1 saturated carbocycles. The lowest BCUT2D eigenvalue weighted by Gasteiger charge is -2.27. The van der Waals surface area contributed by atoms with Crippen LogP contribution in [-0.2, 0) is 4.79 Å². The van der Waals surface area contributed by atoms with Gasteiger partial charge >= 0.3 is 0 Å². The lowest BCUT2D eigenvalue weighted by molar-refractivity contribution is -0.122. The predicted molar refractivity (Wildman–Crippen MR) is 84.1 cm³/mol. The summed E-state index contributed by atoms with van der Waals surface area (Å²) >= 11 is 0. The molecule has 1 aliphatic carbocycles. The topological polar surface area (TPSA) is 58.6 Å². The Morgan fingerprint density at radius 2 is 2.09 bits per heavy atom. The molecule has 0 radical (unpaired) electrons. The lowest BCUT2D eigenvalue weighted by atomic mass is 10.1. The third-order valence-corrected chi connectivity index (χ3v) is 4.52. The molecule has 0 aromatic heterocycles. The highest BCUT2D eigenvalue weighted by atomic mass is 16.5. The smallest absolute Gasteiger partial charge is 0.265 e. The Kier molecular flexibility index (Phi) is 4.05. The summed E-state index contributed by atoms with van der Waals surface area (Å²) in [5.41, 5.74) is 1.09. The van der Waals surface area contributed by atoms with Crippen LogP contribution in [0.2, 0.25) is 0 Å². The van der Waals surface area contributed by atoms with E-state index in [1.807, 2.05) is 7.05 Å². The maximum Gasteiger partial charge on any atom is 0.265 e. The number of hydrogen-bond donors (Lipinski definition) is 1. The monoisotopic (exact) mass is 302 g/mol. The zero-order chi connectivity index (χ0) is 15.7. The Morgan fingerprint density at radius 3 is 2.82 bits per heavy atom. The average Bonchev–Trinajstić information content (AvgIpc) is 3.00. The summed E-state index contributed by atoms with van der Waals surface area (Å²) in [6, 6.07) is 5.29. The number of fused-ring (bicyclic) bond motifs is 1. The number of benzene rings is 1. The van der Waals surface area contributed by atoms with E-state index in [0.29, 0.717) is 22.9 Å². The Labute approximate surface area is 130 Å². The van der Waals surface area contributed by atoms with E-state index in [1.165, 1.54) is 25.7 Å². The van der Waals surface area contributed by atoms with Gasteiger partial charge in [-0.15, -0.1) is 0 Å². The van der Waals surface area contributed by atoms with Crippen LogP contribution in [0.15, 0.2) is 18.2 Å². The van der Waals surface area contributed by atoms with Gasteiger partial charge in [-0.25, -0.2) is 0 Å². The van der Waals surface area contributed by atoms with Crippen molar-refractivity contribution in [3.63, 3.8) is 0 Å². The van der Waals surface area contributed by atoms with Gasteiger partial charge in [-0.3, -0.25) is 9.59 Å². The summed E-state index contributed by atoms with van der Waals surface area (Å²) in [6.45, 7) is 2.46. The van der Waals surface area contributed by atoms with E-state index >= 15 is 0 Å². The molecule has 1 aromatic carbocycles. The second-order valence-electron chi connectivity index (χ2n) is 6.27. The minimum absolute atomic E-state index is 0.0490. The fraction of sp³-hybridized carbons (Fsp3) is 0.529. The van der Waals surface area contributed by atoms with Gasteiger partial charge in [-0.05, 0) is 37.8 Å². The first-order valence-electron chi connectivity index (χ1n) is 7.92. The van der Waals surface area contributed by atoms with Crippen LogP contribution in [0.3, 0.4) is 0 Å². The van der Waals surface area contributed by atoms with Gasteiger partial charge in [0.25, 0.3) is 11.8 Å². The highest BCUT2D eigenvalue weighted by Gasteiger charge is 2.29. The maximum atomic E-state index is 12.7. The Balaban J connectivity index is 1.80. The van der Waals surface area contributed by atoms with Gasteiger partial charge in [0.15, 0.2) is 11.9 Å². The molecule has 1 N–H and O–H groups in total. The first kappa shape index (κ1) is 14.9. The number of ether oxygens (including phenoxy) is 1. The second kappa shape index (κ2) is 5.99. The fourth-order valence-corrected chi connectivity index (χ4v) is 3.26. The molecule has 5 nitrogen and oxygen atoms in total. The van der Waals surface area contributed by atoms with Gasteiger partial charge in [0.1, 0.15) is 0 Å². The highest BCUT2D eigenvalue weighted by Crippen LogP contribution is 2.34. The zero-order valence-electron chi connectivity index (χ0n) is 13.1. The molecule has 5 heteroatoms. The van der Waals surface area contributed by atoms with Crippen molar-refractivity contribution in [1.82, 2.24) is 4.90 Å². The van der Waals surface area contributed by atoms with Crippen molar-refractivity contribution in [3.05, 3.63) is 23.8 Å². The van der Waals surface area contributed by atoms with Gasteiger partial charge in [-0.1, -0.05) is 18.9 Å². The third kappa shape index (κ3) is 2.80. The summed E-state index contributed by atoms with van der Waals surface area (Å²) in [7, 11) is 1.84. The normalized spacial score (nSPS) is 21.0. The van der Waals surface area contributed by atoms with Crippen LogP contribution < -0.4 is 10.1 Å². The van der Waals surface area contributed by atoms with Crippen molar-refractivity contribution in [2.24, 2.45) is 5.92 Å². The second-order valence-corrected chi connectivity index (χ2v) is 6.27. The zero-order valence-corrected chi connectivity index (χ0v) is 13.1. The van der Waals surface area contributed by atoms with Crippen LogP contribution in [0.25, 0.3) is 0 Å². The molecule has 3 rings (SSSR count). The van der Waals surface area contributed by atoms with E-state index in [4.69, 9.17) is 4.74 Å². The van der Waals surface area contributed by atoms with Gasteiger partial charge in [0.05, 0.1) is 11.3 Å². The largest absolute Gasteiger partial charge is 0.478 e. The SMILES string of the molecule is CC1Oc2c(cccc2C(=O)N(C)CC2CCCC2)NC1=O. The molecule has 1 aromatic rings. The van der Waals surface area contributed by atoms with Gasteiger partial charge < -0.3 is 15.0 Å². The van der Waals surface area contributed by atoms with Crippen LogP contribution >= 0.6 is 0 Å². The van der Waals surface area contributed by atoms with E-state index in [9.17, 15) is 9.59 Å². The molecule has 0 bridgehead atoms. The summed E-state index contributed by atoms with van der Waals surface area (Å²) in [6.07, 6.45) is 4.35. The van der Waals surface area contributed by atoms with Gasteiger partial charge in [-0.2, -0.15) is 0 Å². The lowest BCUT2D eigenvalue weighted by Crippen LogP contribution is -2.36. The van der Waals surface area contributed by atoms with Crippen LogP contribution in [0, 0.1) is 5.92 Å². The van der Waals surface area contributed by atoms with Crippen LogP contribution in [-0.4, -0.2) is 36.4 Å². The number of anilines is 1. The Hall–Kier alpha value is -2.04. The molecule has 2 aliphatic rings.